The minimum Gasteiger partial charge on any atom is -0.496 e. The van der Waals surface area contributed by atoms with E-state index in [0.29, 0.717) is 21.3 Å². The van der Waals surface area contributed by atoms with Gasteiger partial charge in [-0.15, -0.1) is 0 Å². The van der Waals surface area contributed by atoms with Crippen LogP contribution in [0.2, 0.25) is 10.0 Å². The molecule has 6 heteroatoms. The van der Waals surface area contributed by atoms with Crippen molar-refractivity contribution in [3.05, 3.63) is 81.5 Å². The number of hydrogen-bond donors (Lipinski definition) is 1. The number of nitrogens with one attached hydrogen (secondary N) is 1. The smallest absolute Gasteiger partial charge is 0.252 e. The molecule has 28 heavy (non-hydrogen) atoms. The first-order valence-electron chi connectivity index (χ1n) is 8.76. The minimum atomic E-state index is -0.222. The molecule has 1 heterocycles. The quantitative estimate of drug-likeness (QED) is 0.568. The van der Waals surface area contributed by atoms with Gasteiger partial charge >= 0.3 is 0 Å². The van der Waals surface area contributed by atoms with Crippen molar-refractivity contribution in [2.24, 2.45) is 0 Å². The normalized spacial score (nSPS) is 11.8. The zero-order valence-corrected chi connectivity index (χ0v) is 17.3. The van der Waals surface area contributed by atoms with E-state index in [4.69, 9.17) is 27.9 Å². The van der Waals surface area contributed by atoms with Gasteiger partial charge in [0.25, 0.3) is 5.91 Å². The Morgan fingerprint density at radius 3 is 2.46 bits per heavy atom. The van der Waals surface area contributed by atoms with Gasteiger partial charge in [-0.3, -0.25) is 9.78 Å². The molecule has 1 N–H and O–H groups in total. The number of aromatic nitrogens is 1. The standard InChI is InChI=1S/C22H20Cl2N2O2/c1-13-18(8-9-25-21(13)15-10-16(23)12-17(24)11-15)22(27)26-14(2)19-6-4-5-7-20(19)28-3/h4-12,14H,1-3H3,(H,26,27)/t14-/m0/s1. The fourth-order valence-electron chi connectivity index (χ4n) is 3.14. The Kier molecular flexibility index (Phi) is 6.22. The largest absolute Gasteiger partial charge is 0.496 e. The Morgan fingerprint density at radius 2 is 1.79 bits per heavy atom. The van der Waals surface area contributed by atoms with Gasteiger partial charge in [0, 0.05) is 32.9 Å². The van der Waals surface area contributed by atoms with Crippen molar-refractivity contribution in [3.8, 4) is 17.0 Å². The fourth-order valence-corrected chi connectivity index (χ4v) is 3.67. The van der Waals surface area contributed by atoms with Crippen LogP contribution < -0.4 is 10.1 Å². The van der Waals surface area contributed by atoms with Crippen molar-refractivity contribution >= 4 is 29.1 Å². The maximum Gasteiger partial charge on any atom is 0.252 e. The van der Waals surface area contributed by atoms with Crippen molar-refractivity contribution in [3.63, 3.8) is 0 Å². The lowest BCUT2D eigenvalue weighted by Crippen LogP contribution is -2.27. The van der Waals surface area contributed by atoms with Crippen LogP contribution in [0.5, 0.6) is 5.75 Å². The maximum atomic E-state index is 12.9. The molecule has 2 aromatic carbocycles. The first kappa shape index (κ1) is 20.2. The molecule has 0 saturated heterocycles. The molecule has 0 aliphatic carbocycles. The molecule has 3 aromatic rings. The molecule has 0 radical (unpaired) electrons. The predicted molar refractivity (Wildman–Crippen MR) is 113 cm³/mol. The second kappa shape index (κ2) is 8.63. The number of benzene rings is 2. The Hall–Kier alpha value is -2.56. The van der Waals surface area contributed by atoms with E-state index in [1.807, 2.05) is 38.1 Å². The third-order valence-corrected chi connectivity index (χ3v) is 4.97. The number of halogens is 2. The second-order valence-electron chi connectivity index (χ2n) is 6.43. The van der Waals surface area contributed by atoms with Gasteiger partial charge in [0.15, 0.2) is 0 Å². The first-order valence-corrected chi connectivity index (χ1v) is 9.52. The number of nitrogens with zero attached hydrogens (tertiary/aromatic N) is 1. The van der Waals surface area contributed by atoms with Gasteiger partial charge < -0.3 is 10.1 Å². The summed E-state index contributed by atoms with van der Waals surface area (Å²) in [6, 6.07) is 14.3. The van der Waals surface area contributed by atoms with E-state index < -0.39 is 0 Å². The van der Waals surface area contributed by atoms with E-state index in [1.165, 1.54) is 0 Å². The van der Waals surface area contributed by atoms with Gasteiger partial charge in [-0.05, 0) is 49.7 Å². The number of carbonyl (C=O) groups is 1. The first-order chi connectivity index (χ1) is 13.4. The third-order valence-electron chi connectivity index (χ3n) is 4.54. The summed E-state index contributed by atoms with van der Waals surface area (Å²) >= 11 is 12.2. The predicted octanol–water partition coefficient (Wildman–Crippen LogP) is 5.86. The van der Waals surface area contributed by atoms with Crippen LogP contribution >= 0.6 is 23.2 Å². The summed E-state index contributed by atoms with van der Waals surface area (Å²) in [7, 11) is 1.61. The van der Waals surface area contributed by atoms with E-state index in [1.54, 1.807) is 37.6 Å². The topological polar surface area (TPSA) is 51.2 Å². The molecule has 3 rings (SSSR count). The number of rotatable bonds is 5. The highest BCUT2D eigenvalue weighted by atomic mass is 35.5. The van der Waals surface area contributed by atoms with Gasteiger partial charge in [0.2, 0.25) is 0 Å². The summed E-state index contributed by atoms with van der Waals surface area (Å²) < 4.78 is 5.39. The molecule has 0 fully saturated rings. The molecule has 1 amide bonds. The van der Waals surface area contributed by atoms with Gasteiger partial charge in [-0.1, -0.05) is 41.4 Å². The SMILES string of the molecule is COc1ccccc1[C@H](C)NC(=O)c1ccnc(-c2cc(Cl)cc(Cl)c2)c1C. The van der Waals surface area contributed by atoms with Crippen molar-refractivity contribution in [1.29, 1.82) is 0 Å². The van der Waals surface area contributed by atoms with Crippen LogP contribution in [0.1, 0.15) is 34.5 Å². The van der Waals surface area contributed by atoms with Crippen LogP contribution in [-0.4, -0.2) is 18.0 Å². The van der Waals surface area contributed by atoms with Crippen molar-refractivity contribution in [1.82, 2.24) is 10.3 Å². The number of para-hydroxylation sites is 1. The fraction of sp³-hybridized carbons (Fsp3) is 0.182. The summed E-state index contributed by atoms with van der Waals surface area (Å²) in [5, 5.41) is 4.06. The highest BCUT2D eigenvalue weighted by Gasteiger charge is 2.18. The summed E-state index contributed by atoms with van der Waals surface area (Å²) in [6.45, 7) is 3.78. The molecule has 1 aromatic heterocycles. The molecule has 0 aliphatic rings. The molecule has 0 spiro atoms. The molecule has 0 unspecified atom stereocenters. The van der Waals surface area contributed by atoms with Gasteiger partial charge in [0.05, 0.1) is 18.8 Å². The number of methoxy groups -OCH3 is 1. The number of ether oxygens (including phenoxy) is 1. The summed E-state index contributed by atoms with van der Waals surface area (Å²) in [4.78, 5) is 17.4. The number of pyridine rings is 1. The number of amides is 1. The van der Waals surface area contributed by atoms with Gasteiger partial charge in [0.1, 0.15) is 5.75 Å². The highest BCUT2D eigenvalue weighted by Crippen LogP contribution is 2.30. The van der Waals surface area contributed by atoms with Crippen LogP contribution in [0.25, 0.3) is 11.3 Å². The van der Waals surface area contributed by atoms with Crippen LogP contribution in [-0.2, 0) is 0 Å². The average molecular weight is 415 g/mol. The highest BCUT2D eigenvalue weighted by molar-refractivity contribution is 6.35. The lowest BCUT2D eigenvalue weighted by Gasteiger charge is -2.18. The van der Waals surface area contributed by atoms with E-state index in [-0.39, 0.29) is 11.9 Å². The lowest BCUT2D eigenvalue weighted by molar-refractivity contribution is 0.0939. The summed E-state index contributed by atoms with van der Waals surface area (Å²) in [5.74, 6) is 0.545. The summed E-state index contributed by atoms with van der Waals surface area (Å²) in [6.07, 6.45) is 1.61. The molecule has 0 bridgehead atoms. The third kappa shape index (κ3) is 4.29. The zero-order valence-electron chi connectivity index (χ0n) is 15.8. The molecular formula is C22H20Cl2N2O2. The van der Waals surface area contributed by atoms with E-state index in [0.717, 1.165) is 22.4 Å². The van der Waals surface area contributed by atoms with Crippen molar-refractivity contribution in [2.75, 3.05) is 7.11 Å². The van der Waals surface area contributed by atoms with E-state index in [2.05, 4.69) is 10.3 Å². The Balaban J connectivity index is 1.90. The Bertz CT molecular complexity index is 1000. The van der Waals surface area contributed by atoms with Gasteiger partial charge in [-0.25, -0.2) is 0 Å². The Morgan fingerprint density at radius 1 is 1.11 bits per heavy atom. The lowest BCUT2D eigenvalue weighted by atomic mass is 10.0. The van der Waals surface area contributed by atoms with Gasteiger partial charge in [-0.2, -0.15) is 0 Å². The molecule has 1 atom stereocenters. The van der Waals surface area contributed by atoms with Crippen molar-refractivity contribution < 1.29 is 9.53 Å². The molecular weight excluding hydrogens is 395 g/mol. The Labute approximate surface area is 174 Å². The molecule has 4 nitrogen and oxygen atoms in total. The number of hydrogen-bond acceptors (Lipinski definition) is 3. The van der Waals surface area contributed by atoms with E-state index >= 15 is 0 Å². The maximum absolute atomic E-state index is 12.9. The van der Waals surface area contributed by atoms with E-state index in [9.17, 15) is 4.79 Å². The van der Waals surface area contributed by atoms with Crippen LogP contribution in [0.15, 0.2) is 54.7 Å². The van der Waals surface area contributed by atoms with Crippen LogP contribution in [0.3, 0.4) is 0 Å². The minimum absolute atomic E-state index is 0.187. The van der Waals surface area contributed by atoms with Crippen LogP contribution in [0, 0.1) is 6.92 Å². The monoisotopic (exact) mass is 414 g/mol. The van der Waals surface area contributed by atoms with Crippen LogP contribution in [0.4, 0.5) is 0 Å². The summed E-state index contributed by atoms with van der Waals surface area (Å²) in [5.41, 5.74) is 3.64. The average Bonchev–Trinajstić information content (AvgIpc) is 2.67. The molecule has 0 saturated carbocycles. The molecule has 0 aliphatic heterocycles. The van der Waals surface area contributed by atoms with Crippen molar-refractivity contribution in [2.45, 2.75) is 19.9 Å². The zero-order chi connectivity index (χ0) is 20.3. The molecule has 144 valence electrons. The second-order valence-corrected chi connectivity index (χ2v) is 7.30. The number of carbonyl (C=O) groups excluding carboxylic acids is 1.